The third-order valence-corrected chi connectivity index (χ3v) is 5.40. The van der Waals surface area contributed by atoms with Crippen molar-refractivity contribution in [2.24, 2.45) is 0 Å². The van der Waals surface area contributed by atoms with Gasteiger partial charge in [0, 0.05) is 5.38 Å². The van der Waals surface area contributed by atoms with Crippen molar-refractivity contribution in [2.45, 2.75) is 11.8 Å². The second-order valence-electron chi connectivity index (χ2n) is 4.24. The predicted octanol–water partition coefficient (Wildman–Crippen LogP) is 2.38. The first-order valence-corrected chi connectivity index (χ1v) is 8.86. The van der Waals surface area contributed by atoms with Crippen LogP contribution in [0.3, 0.4) is 0 Å². The second-order valence-corrected chi connectivity index (χ2v) is 7.37. The summed E-state index contributed by atoms with van der Waals surface area (Å²) in [6.45, 7) is 1.51. The van der Waals surface area contributed by atoms with Crippen molar-refractivity contribution in [3.8, 4) is 0 Å². The highest BCUT2D eigenvalue weighted by Gasteiger charge is 2.30. The van der Waals surface area contributed by atoms with E-state index < -0.39 is 37.3 Å². The lowest BCUT2D eigenvalue weighted by atomic mass is 10.3. The van der Waals surface area contributed by atoms with E-state index in [1.54, 1.807) is 4.72 Å². The summed E-state index contributed by atoms with van der Waals surface area (Å²) in [5, 5.41) is 12.3. The number of halogens is 2. The number of nitro groups is 1. The summed E-state index contributed by atoms with van der Waals surface area (Å²) < 4.78 is 43.1. The Morgan fingerprint density at radius 1 is 1.48 bits per heavy atom. The molecule has 23 heavy (non-hydrogen) atoms. The molecule has 1 aromatic heterocycles. The molecule has 0 atom stereocenters. The average molecular weight is 424 g/mol. The average Bonchev–Trinajstić information content (AvgIpc) is 2.86. The van der Waals surface area contributed by atoms with Crippen LogP contribution in [0.2, 0.25) is 0 Å². The number of carbonyl (C=O) groups excluding carboxylic acids is 1. The van der Waals surface area contributed by atoms with Gasteiger partial charge >= 0.3 is 0 Å². The molecular weight excluding hydrogens is 417 g/mol. The van der Waals surface area contributed by atoms with Crippen LogP contribution in [0.15, 0.2) is 26.9 Å². The van der Waals surface area contributed by atoms with Gasteiger partial charge in [-0.15, -0.1) is 0 Å². The highest BCUT2D eigenvalue weighted by atomic mass is 79.9. The minimum absolute atomic E-state index is 0.0300. The molecule has 2 rings (SSSR count). The quantitative estimate of drug-likeness (QED) is 0.595. The maximum absolute atomic E-state index is 13.4. The first-order chi connectivity index (χ1) is 10.6. The molecule has 0 saturated heterocycles. The van der Waals surface area contributed by atoms with Gasteiger partial charge in [0.2, 0.25) is 0 Å². The standard InChI is InChI=1S/C11H7BrFN3O5S2/c1-5-6(4-22-14-5)11(17)15-23(20,21)10-2-7(12)8(13)3-9(10)16(18)19/h2-4H,1H3,(H,15,17). The maximum atomic E-state index is 13.4. The predicted molar refractivity (Wildman–Crippen MR) is 82.3 cm³/mol. The van der Waals surface area contributed by atoms with Crippen LogP contribution < -0.4 is 4.72 Å². The van der Waals surface area contributed by atoms with E-state index in [4.69, 9.17) is 0 Å². The molecule has 0 unspecified atom stereocenters. The van der Waals surface area contributed by atoms with Crippen LogP contribution in [-0.4, -0.2) is 23.6 Å². The number of aromatic nitrogens is 1. The van der Waals surface area contributed by atoms with Gasteiger partial charge in [-0.25, -0.2) is 17.5 Å². The topological polar surface area (TPSA) is 119 Å². The fourth-order valence-corrected chi connectivity index (χ4v) is 3.95. The van der Waals surface area contributed by atoms with Crippen LogP contribution in [0.4, 0.5) is 10.1 Å². The molecule has 0 aliphatic heterocycles. The van der Waals surface area contributed by atoms with Crippen LogP contribution in [-0.2, 0) is 10.0 Å². The summed E-state index contributed by atoms with van der Waals surface area (Å²) in [6, 6.07) is 1.18. The monoisotopic (exact) mass is 423 g/mol. The van der Waals surface area contributed by atoms with Crippen molar-refractivity contribution < 1.29 is 22.5 Å². The molecule has 1 amide bonds. The summed E-state index contributed by atoms with van der Waals surface area (Å²) in [4.78, 5) is 21.0. The number of nitrogens with one attached hydrogen (secondary N) is 1. The molecule has 0 radical (unpaired) electrons. The Labute approximate surface area is 141 Å². The maximum Gasteiger partial charge on any atom is 0.292 e. The van der Waals surface area contributed by atoms with Crippen LogP contribution in [0, 0.1) is 22.9 Å². The van der Waals surface area contributed by atoms with E-state index in [1.165, 1.54) is 12.3 Å². The second kappa shape index (κ2) is 6.29. The van der Waals surface area contributed by atoms with Gasteiger partial charge in [-0.05, 0) is 40.5 Å². The molecular formula is C11H7BrFN3O5S2. The molecule has 8 nitrogen and oxygen atoms in total. The molecule has 0 saturated carbocycles. The van der Waals surface area contributed by atoms with Crippen molar-refractivity contribution >= 4 is 49.1 Å². The number of nitrogens with zero attached hydrogens (tertiary/aromatic N) is 2. The summed E-state index contributed by atoms with van der Waals surface area (Å²) in [7, 11) is -4.58. The molecule has 2 aromatic rings. The Bertz CT molecular complexity index is 912. The molecule has 0 spiro atoms. The number of hydrogen-bond donors (Lipinski definition) is 1. The molecule has 0 bridgehead atoms. The van der Waals surface area contributed by atoms with Gasteiger partial charge in [-0.1, -0.05) is 0 Å². The normalized spacial score (nSPS) is 11.3. The number of carbonyl (C=O) groups is 1. The fourth-order valence-electron chi connectivity index (χ4n) is 1.62. The van der Waals surface area contributed by atoms with Gasteiger partial charge in [0.25, 0.3) is 21.6 Å². The molecule has 122 valence electrons. The minimum atomic E-state index is -4.58. The zero-order valence-electron chi connectivity index (χ0n) is 11.2. The summed E-state index contributed by atoms with van der Waals surface area (Å²) in [5.41, 5.74) is -0.633. The lowest BCUT2D eigenvalue weighted by Crippen LogP contribution is -2.31. The molecule has 0 aliphatic rings. The number of benzene rings is 1. The van der Waals surface area contributed by atoms with Gasteiger partial charge in [0.15, 0.2) is 4.90 Å². The minimum Gasteiger partial charge on any atom is -0.268 e. The van der Waals surface area contributed by atoms with Crippen molar-refractivity contribution in [2.75, 3.05) is 0 Å². The zero-order chi connectivity index (χ0) is 17.4. The Kier molecular flexibility index (Phi) is 4.77. The van der Waals surface area contributed by atoms with E-state index in [9.17, 15) is 27.7 Å². The lowest BCUT2D eigenvalue weighted by Gasteiger charge is -2.08. The molecule has 1 heterocycles. The summed E-state index contributed by atoms with van der Waals surface area (Å²) >= 11 is 3.71. The van der Waals surface area contributed by atoms with Crippen molar-refractivity contribution in [1.82, 2.24) is 9.10 Å². The molecule has 0 fully saturated rings. The Hall–Kier alpha value is -1.92. The van der Waals surface area contributed by atoms with E-state index in [2.05, 4.69) is 20.3 Å². The number of amides is 1. The smallest absolute Gasteiger partial charge is 0.268 e. The highest BCUT2D eigenvalue weighted by Crippen LogP contribution is 2.29. The van der Waals surface area contributed by atoms with Gasteiger partial charge in [-0.2, -0.15) is 4.37 Å². The van der Waals surface area contributed by atoms with Crippen molar-refractivity contribution in [1.29, 1.82) is 0 Å². The highest BCUT2D eigenvalue weighted by molar-refractivity contribution is 9.10. The van der Waals surface area contributed by atoms with Crippen LogP contribution >= 0.6 is 27.5 Å². The largest absolute Gasteiger partial charge is 0.292 e. The summed E-state index contributed by atoms with van der Waals surface area (Å²) in [5.74, 6) is -1.98. The first-order valence-electron chi connectivity index (χ1n) is 5.75. The first kappa shape index (κ1) is 17.4. The van der Waals surface area contributed by atoms with Gasteiger partial charge < -0.3 is 0 Å². The molecule has 1 aromatic carbocycles. The summed E-state index contributed by atoms with van der Waals surface area (Å²) in [6.07, 6.45) is 0. The van der Waals surface area contributed by atoms with Crippen molar-refractivity contribution in [3.05, 3.63) is 49.2 Å². The van der Waals surface area contributed by atoms with Gasteiger partial charge in [0.05, 0.1) is 26.7 Å². The number of rotatable bonds is 4. The van der Waals surface area contributed by atoms with Crippen LogP contribution in [0.1, 0.15) is 16.1 Å². The van der Waals surface area contributed by atoms with E-state index in [1.807, 2.05) is 0 Å². The Morgan fingerprint density at radius 2 is 2.13 bits per heavy atom. The van der Waals surface area contributed by atoms with E-state index >= 15 is 0 Å². The zero-order valence-corrected chi connectivity index (χ0v) is 14.5. The Balaban J connectivity index is 2.48. The molecule has 1 N–H and O–H groups in total. The van der Waals surface area contributed by atoms with E-state index in [-0.39, 0.29) is 10.0 Å². The third-order valence-electron chi connectivity index (χ3n) is 2.71. The van der Waals surface area contributed by atoms with Crippen molar-refractivity contribution in [3.63, 3.8) is 0 Å². The number of sulfonamides is 1. The number of aryl methyl sites for hydroxylation is 1. The van der Waals surface area contributed by atoms with E-state index in [0.717, 1.165) is 17.6 Å². The van der Waals surface area contributed by atoms with Crippen LogP contribution in [0.5, 0.6) is 0 Å². The van der Waals surface area contributed by atoms with E-state index in [0.29, 0.717) is 11.8 Å². The fraction of sp³-hybridized carbons (Fsp3) is 0.0909. The number of hydrogen-bond acceptors (Lipinski definition) is 7. The molecule has 0 aliphatic carbocycles. The SMILES string of the molecule is Cc1nscc1C(=O)NS(=O)(=O)c1cc(Br)c(F)cc1[N+](=O)[O-]. The lowest BCUT2D eigenvalue weighted by molar-refractivity contribution is -0.388. The Morgan fingerprint density at radius 3 is 2.65 bits per heavy atom. The number of nitro benzene ring substituents is 1. The van der Waals surface area contributed by atoms with Crippen LogP contribution in [0.25, 0.3) is 0 Å². The van der Waals surface area contributed by atoms with Gasteiger partial charge in [-0.3, -0.25) is 14.9 Å². The van der Waals surface area contributed by atoms with Gasteiger partial charge in [0.1, 0.15) is 5.82 Å². The third kappa shape index (κ3) is 3.54. The molecule has 12 heteroatoms.